The van der Waals surface area contributed by atoms with Crippen molar-refractivity contribution in [3.8, 4) is 0 Å². The topological polar surface area (TPSA) is 35.2 Å². The molecular weight excluding hydrogens is 221 g/mol. The van der Waals surface area contributed by atoms with Crippen molar-refractivity contribution in [1.29, 1.82) is 0 Å². The zero-order chi connectivity index (χ0) is 10.2. The van der Waals surface area contributed by atoms with E-state index in [1.165, 1.54) is 0 Å². The molecule has 1 saturated heterocycles. The van der Waals surface area contributed by atoms with Crippen molar-refractivity contribution in [2.45, 2.75) is 5.41 Å². The van der Waals surface area contributed by atoms with Gasteiger partial charge in [0.25, 0.3) is 0 Å². The molecule has 2 nitrogen and oxygen atoms in total. The fourth-order valence-corrected chi connectivity index (χ4v) is 1.87. The van der Waals surface area contributed by atoms with Gasteiger partial charge >= 0.3 is 0 Å². The van der Waals surface area contributed by atoms with Crippen LogP contribution < -0.4 is 5.73 Å². The second kappa shape index (κ2) is 3.70. The maximum Gasteiger partial charge on any atom is 0.0597 e. The molecule has 76 valence electrons. The number of hydrogen-bond donors (Lipinski definition) is 1. The van der Waals surface area contributed by atoms with E-state index in [1.807, 2.05) is 12.1 Å². The molecule has 0 radical (unpaired) electrons. The molecule has 0 aliphatic carbocycles. The van der Waals surface area contributed by atoms with Crippen molar-refractivity contribution >= 4 is 23.2 Å². The fourth-order valence-electron chi connectivity index (χ4n) is 1.58. The molecule has 0 saturated carbocycles. The molecule has 2 rings (SSSR count). The summed E-state index contributed by atoms with van der Waals surface area (Å²) in [4.78, 5) is 0. The van der Waals surface area contributed by atoms with E-state index in [4.69, 9.17) is 33.7 Å². The average Bonchev–Trinajstić information content (AvgIpc) is 2.10. The highest BCUT2D eigenvalue weighted by Crippen LogP contribution is 2.34. The van der Waals surface area contributed by atoms with Crippen LogP contribution in [0.25, 0.3) is 0 Å². The first-order chi connectivity index (χ1) is 6.68. The molecular formula is C10H11Cl2NO. The summed E-state index contributed by atoms with van der Waals surface area (Å²) in [5.41, 5.74) is 6.80. The van der Waals surface area contributed by atoms with Gasteiger partial charge < -0.3 is 10.5 Å². The summed E-state index contributed by atoms with van der Waals surface area (Å²) in [6, 6.07) is 5.64. The third-order valence-corrected chi connectivity index (χ3v) is 3.42. The van der Waals surface area contributed by atoms with Crippen molar-refractivity contribution in [3.63, 3.8) is 0 Å². The lowest BCUT2D eigenvalue weighted by Crippen LogP contribution is -2.52. The number of nitrogens with two attached hydrogens (primary N) is 1. The maximum atomic E-state index is 5.94. The second-order valence-corrected chi connectivity index (χ2v) is 4.42. The first-order valence-corrected chi connectivity index (χ1v) is 5.17. The Kier molecular flexibility index (Phi) is 2.71. The Hall–Kier alpha value is -0.280. The number of ether oxygens (including phenoxy) is 1. The van der Waals surface area contributed by atoms with Crippen LogP contribution in [0, 0.1) is 0 Å². The lowest BCUT2D eigenvalue weighted by atomic mass is 9.79. The molecule has 0 aromatic heterocycles. The normalized spacial score (nSPS) is 19.1. The molecule has 1 aliphatic rings. The van der Waals surface area contributed by atoms with Gasteiger partial charge in [0.15, 0.2) is 0 Å². The highest BCUT2D eigenvalue weighted by atomic mass is 35.5. The first kappa shape index (κ1) is 10.2. The Morgan fingerprint density at radius 3 is 2.43 bits per heavy atom. The molecule has 0 spiro atoms. The monoisotopic (exact) mass is 231 g/mol. The molecule has 0 amide bonds. The van der Waals surface area contributed by atoms with Crippen molar-refractivity contribution in [1.82, 2.24) is 0 Å². The summed E-state index contributed by atoms with van der Waals surface area (Å²) in [6.45, 7) is 1.91. The van der Waals surface area contributed by atoms with Crippen LogP contribution in [-0.2, 0) is 10.2 Å². The molecule has 2 N–H and O–H groups in total. The molecule has 1 aliphatic heterocycles. The van der Waals surface area contributed by atoms with Gasteiger partial charge in [0, 0.05) is 6.54 Å². The molecule has 4 heteroatoms. The van der Waals surface area contributed by atoms with Crippen LogP contribution in [-0.4, -0.2) is 19.8 Å². The summed E-state index contributed by atoms with van der Waals surface area (Å²) in [7, 11) is 0. The summed E-state index contributed by atoms with van der Waals surface area (Å²) < 4.78 is 5.20. The summed E-state index contributed by atoms with van der Waals surface area (Å²) >= 11 is 11.8. The van der Waals surface area contributed by atoms with Gasteiger partial charge in [-0.3, -0.25) is 0 Å². The average molecular weight is 232 g/mol. The number of hydrogen-bond acceptors (Lipinski definition) is 2. The Morgan fingerprint density at radius 2 is 2.00 bits per heavy atom. The van der Waals surface area contributed by atoms with E-state index < -0.39 is 0 Å². The smallest absolute Gasteiger partial charge is 0.0597 e. The van der Waals surface area contributed by atoms with E-state index in [9.17, 15) is 0 Å². The molecule has 0 atom stereocenters. The second-order valence-electron chi connectivity index (χ2n) is 3.61. The van der Waals surface area contributed by atoms with Gasteiger partial charge in [-0.25, -0.2) is 0 Å². The van der Waals surface area contributed by atoms with Crippen molar-refractivity contribution < 1.29 is 4.74 Å². The molecule has 1 aromatic rings. The van der Waals surface area contributed by atoms with E-state index in [0.29, 0.717) is 29.8 Å². The Bertz CT molecular complexity index is 344. The number of benzene rings is 1. The van der Waals surface area contributed by atoms with E-state index in [-0.39, 0.29) is 5.41 Å². The largest absolute Gasteiger partial charge is 0.379 e. The van der Waals surface area contributed by atoms with Crippen molar-refractivity contribution in [3.05, 3.63) is 33.8 Å². The van der Waals surface area contributed by atoms with Gasteiger partial charge in [-0.2, -0.15) is 0 Å². The maximum absolute atomic E-state index is 5.94. The lowest BCUT2D eigenvalue weighted by Gasteiger charge is -2.41. The third kappa shape index (κ3) is 1.52. The quantitative estimate of drug-likeness (QED) is 0.848. The fraction of sp³-hybridized carbons (Fsp3) is 0.400. The lowest BCUT2D eigenvalue weighted by molar-refractivity contribution is -0.0550. The van der Waals surface area contributed by atoms with Gasteiger partial charge in [0.1, 0.15) is 0 Å². The van der Waals surface area contributed by atoms with Gasteiger partial charge in [0.2, 0.25) is 0 Å². The minimum atomic E-state index is -0.0474. The molecule has 0 unspecified atom stereocenters. The van der Waals surface area contributed by atoms with Crippen LogP contribution in [0.5, 0.6) is 0 Å². The van der Waals surface area contributed by atoms with Gasteiger partial charge in [-0.05, 0) is 17.7 Å². The van der Waals surface area contributed by atoms with Crippen LogP contribution in [0.4, 0.5) is 0 Å². The minimum Gasteiger partial charge on any atom is -0.379 e. The van der Waals surface area contributed by atoms with Gasteiger partial charge in [0.05, 0.1) is 28.7 Å². The minimum absolute atomic E-state index is 0.0474. The third-order valence-electron chi connectivity index (χ3n) is 2.68. The highest BCUT2D eigenvalue weighted by molar-refractivity contribution is 6.42. The van der Waals surface area contributed by atoms with Crippen LogP contribution in [0.3, 0.4) is 0 Å². The number of rotatable bonds is 2. The molecule has 0 bridgehead atoms. The van der Waals surface area contributed by atoms with Gasteiger partial charge in [-0.15, -0.1) is 0 Å². The van der Waals surface area contributed by atoms with Gasteiger partial charge in [-0.1, -0.05) is 29.3 Å². The molecule has 1 fully saturated rings. The standard InChI is InChI=1S/C10H11Cl2NO/c11-8-2-1-7(3-9(8)12)10(4-13)5-14-6-10/h1-3H,4-6,13H2. The molecule has 14 heavy (non-hydrogen) atoms. The van der Waals surface area contributed by atoms with Crippen molar-refractivity contribution in [2.75, 3.05) is 19.8 Å². The summed E-state index contributed by atoms with van der Waals surface area (Å²) in [6.07, 6.45) is 0. The Balaban J connectivity index is 2.36. The van der Waals surface area contributed by atoms with E-state index in [1.54, 1.807) is 6.07 Å². The van der Waals surface area contributed by atoms with E-state index in [0.717, 1.165) is 5.56 Å². The van der Waals surface area contributed by atoms with Crippen molar-refractivity contribution in [2.24, 2.45) is 5.73 Å². The highest BCUT2D eigenvalue weighted by Gasteiger charge is 2.39. The zero-order valence-corrected chi connectivity index (χ0v) is 9.11. The first-order valence-electron chi connectivity index (χ1n) is 4.41. The Labute approximate surface area is 92.9 Å². The Morgan fingerprint density at radius 1 is 1.29 bits per heavy atom. The van der Waals surface area contributed by atoms with Crippen LogP contribution in [0.1, 0.15) is 5.56 Å². The zero-order valence-electron chi connectivity index (χ0n) is 7.59. The van der Waals surface area contributed by atoms with E-state index >= 15 is 0 Å². The SMILES string of the molecule is NCC1(c2ccc(Cl)c(Cl)c2)COC1. The van der Waals surface area contributed by atoms with Crippen LogP contribution in [0.15, 0.2) is 18.2 Å². The predicted molar refractivity (Wildman–Crippen MR) is 58.0 cm³/mol. The summed E-state index contributed by atoms with van der Waals surface area (Å²) in [5.74, 6) is 0. The molecule has 1 heterocycles. The van der Waals surface area contributed by atoms with Crippen LogP contribution in [0.2, 0.25) is 10.0 Å². The van der Waals surface area contributed by atoms with E-state index in [2.05, 4.69) is 0 Å². The number of halogens is 2. The van der Waals surface area contributed by atoms with Crippen LogP contribution >= 0.6 is 23.2 Å². The predicted octanol–water partition coefficient (Wildman–Crippen LogP) is 2.22. The molecule has 1 aromatic carbocycles. The summed E-state index contributed by atoms with van der Waals surface area (Å²) in [5, 5.41) is 1.15.